The Labute approximate surface area is 186 Å². The first-order valence-corrected chi connectivity index (χ1v) is 11.1. The van der Waals surface area contributed by atoms with Gasteiger partial charge in [0.25, 0.3) is 0 Å². The molecule has 0 aliphatic heterocycles. The Hall–Kier alpha value is -2.34. The number of benzene rings is 3. The lowest BCUT2D eigenvalue weighted by molar-refractivity contribution is 0.0976. The van der Waals surface area contributed by atoms with Crippen LogP contribution in [0, 0.1) is 3.57 Å². The van der Waals surface area contributed by atoms with Crippen LogP contribution in [0.2, 0.25) is 0 Å². The Morgan fingerprint density at radius 3 is 2.31 bits per heavy atom. The van der Waals surface area contributed by atoms with Crippen molar-refractivity contribution in [2.75, 3.05) is 11.9 Å². The summed E-state index contributed by atoms with van der Waals surface area (Å²) < 4.78 is 6.95. The van der Waals surface area contributed by atoms with Crippen molar-refractivity contribution < 1.29 is 9.53 Å². The fourth-order valence-electron chi connectivity index (χ4n) is 3.06. The third-order valence-corrected chi connectivity index (χ3v) is 5.44. The van der Waals surface area contributed by atoms with E-state index in [1.165, 1.54) is 3.57 Å². The summed E-state index contributed by atoms with van der Waals surface area (Å²) in [4.78, 5) is 12.8. The molecule has 0 aliphatic rings. The van der Waals surface area contributed by atoms with E-state index in [0.29, 0.717) is 6.42 Å². The Balaban J connectivity index is 1.78. The van der Waals surface area contributed by atoms with Crippen LogP contribution in [0.4, 0.5) is 5.69 Å². The molecule has 0 heterocycles. The van der Waals surface area contributed by atoms with E-state index in [1.807, 2.05) is 66.7 Å². The van der Waals surface area contributed by atoms with Crippen LogP contribution in [0.15, 0.2) is 78.9 Å². The topological polar surface area (TPSA) is 38.3 Å². The van der Waals surface area contributed by atoms with Crippen LogP contribution in [-0.2, 0) is 0 Å². The van der Waals surface area contributed by atoms with E-state index in [-0.39, 0.29) is 11.8 Å². The van der Waals surface area contributed by atoms with Crippen molar-refractivity contribution in [1.82, 2.24) is 0 Å². The Morgan fingerprint density at radius 2 is 1.66 bits per heavy atom. The molecule has 3 rings (SSSR count). The van der Waals surface area contributed by atoms with Crippen LogP contribution >= 0.6 is 22.6 Å². The summed E-state index contributed by atoms with van der Waals surface area (Å²) in [5, 5.41) is 3.53. The maximum atomic E-state index is 12.8. The first-order chi connectivity index (χ1) is 14.2. The van der Waals surface area contributed by atoms with E-state index in [9.17, 15) is 4.79 Å². The number of nitrogens with one attached hydrogen (secondary N) is 1. The molecule has 0 bridgehead atoms. The molecule has 0 saturated carbocycles. The van der Waals surface area contributed by atoms with E-state index in [1.54, 1.807) is 0 Å². The van der Waals surface area contributed by atoms with Crippen LogP contribution < -0.4 is 10.1 Å². The third-order valence-electron chi connectivity index (χ3n) is 4.72. The molecule has 0 amide bonds. The Bertz CT molecular complexity index is 892. The van der Waals surface area contributed by atoms with E-state index >= 15 is 0 Å². The molecule has 3 aromatic carbocycles. The molecule has 0 radical (unpaired) electrons. The number of halogens is 1. The minimum atomic E-state index is -0.118. The highest BCUT2D eigenvalue weighted by Crippen LogP contribution is 2.27. The van der Waals surface area contributed by atoms with Gasteiger partial charge in [0.05, 0.1) is 12.6 Å². The van der Waals surface area contributed by atoms with Crippen LogP contribution in [-0.4, -0.2) is 12.4 Å². The number of rotatable bonds is 10. The lowest BCUT2D eigenvalue weighted by atomic mass is 9.97. The van der Waals surface area contributed by atoms with Crippen LogP contribution in [0.1, 0.15) is 48.1 Å². The van der Waals surface area contributed by atoms with Crippen molar-refractivity contribution in [3.05, 3.63) is 93.6 Å². The van der Waals surface area contributed by atoms with Gasteiger partial charge in [-0.2, -0.15) is 0 Å². The monoisotopic (exact) mass is 499 g/mol. The van der Waals surface area contributed by atoms with Gasteiger partial charge < -0.3 is 10.1 Å². The van der Waals surface area contributed by atoms with E-state index < -0.39 is 0 Å². The Kier molecular flexibility index (Phi) is 8.11. The van der Waals surface area contributed by atoms with Gasteiger partial charge in [0.15, 0.2) is 5.78 Å². The third kappa shape index (κ3) is 6.60. The lowest BCUT2D eigenvalue weighted by Crippen LogP contribution is -2.16. The molecule has 0 aromatic heterocycles. The van der Waals surface area contributed by atoms with E-state index in [0.717, 1.165) is 42.0 Å². The molecule has 0 saturated heterocycles. The van der Waals surface area contributed by atoms with Crippen molar-refractivity contribution in [2.24, 2.45) is 0 Å². The van der Waals surface area contributed by atoms with Gasteiger partial charge in [-0.1, -0.05) is 55.8 Å². The average molecular weight is 499 g/mol. The number of Topliss-reactive ketones (excluding diaryl/α,β-unsaturated/α-hetero) is 1. The predicted octanol–water partition coefficient (Wildman–Crippen LogP) is 6.90. The highest BCUT2D eigenvalue weighted by Gasteiger charge is 2.17. The minimum absolute atomic E-state index is 0.118. The molecule has 0 fully saturated rings. The highest BCUT2D eigenvalue weighted by atomic mass is 127. The maximum absolute atomic E-state index is 12.8. The van der Waals surface area contributed by atoms with Gasteiger partial charge in [-0.3, -0.25) is 4.79 Å². The van der Waals surface area contributed by atoms with Gasteiger partial charge in [0, 0.05) is 21.2 Å². The van der Waals surface area contributed by atoms with Crippen molar-refractivity contribution >= 4 is 34.1 Å². The molecule has 1 N–H and O–H groups in total. The fraction of sp³-hybridized carbons (Fsp3) is 0.240. The average Bonchev–Trinajstić information content (AvgIpc) is 2.76. The summed E-state index contributed by atoms with van der Waals surface area (Å²) in [5.74, 6) is 0.987. The normalized spacial score (nSPS) is 11.7. The summed E-state index contributed by atoms with van der Waals surface area (Å²) in [6.07, 6.45) is 2.54. The Morgan fingerprint density at radius 1 is 0.966 bits per heavy atom. The number of ketones is 1. The highest BCUT2D eigenvalue weighted by molar-refractivity contribution is 14.1. The smallest absolute Gasteiger partial charge is 0.165 e. The summed E-state index contributed by atoms with van der Waals surface area (Å²) in [6.45, 7) is 2.88. The summed E-state index contributed by atoms with van der Waals surface area (Å²) in [7, 11) is 0. The molecular formula is C25H26INO2. The van der Waals surface area contributed by atoms with Gasteiger partial charge >= 0.3 is 0 Å². The van der Waals surface area contributed by atoms with Crippen LogP contribution in [0.25, 0.3) is 0 Å². The maximum Gasteiger partial charge on any atom is 0.165 e. The quantitative estimate of drug-likeness (QED) is 0.187. The van der Waals surface area contributed by atoms with E-state index in [4.69, 9.17) is 4.74 Å². The SMILES string of the molecule is CCCCOc1ccc([C@@H](CC(=O)c2ccccc2)Nc2ccc(I)cc2)cc1. The zero-order chi connectivity index (χ0) is 20.5. The summed E-state index contributed by atoms with van der Waals surface area (Å²) >= 11 is 2.29. The number of unbranched alkanes of at least 4 members (excludes halogenated alkanes) is 1. The zero-order valence-corrected chi connectivity index (χ0v) is 18.8. The molecule has 4 heteroatoms. The van der Waals surface area contributed by atoms with Crippen molar-refractivity contribution in [2.45, 2.75) is 32.2 Å². The number of carbonyl (C=O) groups excluding carboxylic acids is 1. The van der Waals surface area contributed by atoms with Crippen molar-refractivity contribution in [3.63, 3.8) is 0 Å². The standard InChI is InChI=1S/C25H26INO2/c1-2-3-17-29-23-15-9-19(10-16-23)24(27-22-13-11-21(26)12-14-22)18-25(28)20-7-5-4-6-8-20/h4-16,24,27H,2-3,17-18H2,1H3/t24-/m1/s1. The molecule has 0 unspecified atom stereocenters. The molecule has 29 heavy (non-hydrogen) atoms. The molecule has 3 nitrogen and oxygen atoms in total. The van der Waals surface area contributed by atoms with Crippen LogP contribution in [0.5, 0.6) is 5.75 Å². The van der Waals surface area contributed by atoms with Gasteiger partial charge in [-0.25, -0.2) is 0 Å². The number of hydrogen-bond donors (Lipinski definition) is 1. The van der Waals surface area contributed by atoms with E-state index in [2.05, 4.69) is 47.0 Å². The second-order valence-electron chi connectivity index (χ2n) is 6.97. The second-order valence-corrected chi connectivity index (χ2v) is 8.21. The minimum Gasteiger partial charge on any atom is -0.494 e. The summed E-state index contributed by atoms with van der Waals surface area (Å²) in [5.41, 5.74) is 2.80. The second kappa shape index (κ2) is 11.0. The van der Waals surface area contributed by atoms with Gasteiger partial charge in [0.2, 0.25) is 0 Å². The molecule has 1 atom stereocenters. The number of ether oxygens (including phenoxy) is 1. The molecule has 150 valence electrons. The molecule has 3 aromatic rings. The van der Waals surface area contributed by atoms with Crippen molar-refractivity contribution in [3.8, 4) is 5.75 Å². The van der Waals surface area contributed by atoms with Gasteiger partial charge in [-0.15, -0.1) is 0 Å². The molecular weight excluding hydrogens is 473 g/mol. The first kappa shape index (κ1) is 21.4. The van der Waals surface area contributed by atoms with Crippen molar-refractivity contribution in [1.29, 1.82) is 0 Å². The predicted molar refractivity (Wildman–Crippen MR) is 128 cm³/mol. The molecule has 0 spiro atoms. The van der Waals surface area contributed by atoms with Gasteiger partial charge in [0.1, 0.15) is 5.75 Å². The molecule has 0 aliphatic carbocycles. The summed E-state index contributed by atoms with van der Waals surface area (Å²) in [6, 6.07) is 25.6. The number of carbonyl (C=O) groups is 1. The van der Waals surface area contributed by atoms with Crippen LogP contribution in [0.3, 0.4) is 0 Å². The number of hydrogen-bond acceptors (Lipinski definition) is 3. The first-order valence-electron chi connectivity index (χ1n) is 9.99. The zero-order valence-electron chi connectivity index (χ0n) is 16.6. The fourth-order valence-corrected chi connectivity index (χ4v) is 3.42. The van der Waals surface area contributed by atoms with Gasteiger partial charge in [-0.05, 0) is 71.0 Å². The largest absolute Gasteiger partial charge is 0.494 e. The number of anilines is 1. The lowest BCUT2D eigenvalue weighted by Gasteiger charge is -2.20.